The standard InChI is InChI=1S/C20H17N7O/c1-14-8-15(4-5-22-14)17-10-25-27(12-17)13-20(28)26-19-3-2-16(9-24-19)18-11-21-6-7-23-18/h2-12H,13H2,1H3,(H,24,26,28). The third kappa shape index (κ3) is 4.07. The van der Waals surface area contributed by atoms with Crippen molar-refractivity contribution in [1.82, 2.24) is 29.7 Å². The van der Waals surface area contributed by atoms with Crippen molar-refractivity contribution in [3.05, 3.63) is 73.3 Å². The number of pyridine rings is 2. The van der Waals surface area contributed by atoms with Crippen LogP contribution in [0.3, 0.4) is 0 Å². The first-order valence-electron chi connectivity index (χ1n) is 8.65. The van der Waals surface area contributed by atoms with Crippen LogP contribution in [0.15, 0.2) is 67.6 Å². The molecule has 0 fully saturated rings. The van der Waals surface area contributed by atoms with Crippen LogP contribution in [-0.2, 0) is 11.3 Å². The topological polar surface area (TPSA) is 98.5 Å². The summed E-state index contributed by atoms with van der Waals surface area (Å²) in [5.74, 6) is 0.259. The summed E-state index contributed by atoms with van der Waals surface area (Å²) >= 11 is 0. The lowest BCUT2D eigenvalue weighted by atomic mass is 10.1. The Kier molecular flexibility index (Phi) is 4.83. The van der Waals surface area contributed by atoms with Crippen LogP contribution in [-0.4, -0.2) is 35.6 Å². The van der Waals surface area contributed by atoms with E-state index in [0.29, 0.717) is 5.82 Å². The van der Waals surface area contributed by atoms with Crippen LogP contribution in [0.4, 0.5) is 5.82 Å². The lowest BCUT2D eigenvalue weighted by molar-refractivity contribution is -0.116. The number of nitrogens with one attached hydrogen (secondary N) is 1. The van der Waals surface area contributed by atoms with Crippen molar-refractivity contribution in [2.45, 2.75) is 13.5 Å². The Morgan fingerprint density at radius 3 is 2.64 bits per heavy atom. The normalized spacial score (nSPS) is 10.6. The highest BCUT2D eigenvalue weighted by Gasteiger charge is 2.08. The fourth-order valence-electron chi connectivity index (χ4n) is 2.72. The van der Waals surface area contributed by atoms with Crippen LogP contribution in [0.5, 0.6) is 0 Å². The molecule has 8 heteroatoms. The molecule has 8 nitrogen and oxygen atoms in total. The Bertz CT molecular complexity index is 1090. The number of carbonyl (C=O) groups is 1. The van der Waals surface area contributed by atoms with Gasteiger partial charge in [-0.15, -0.1) is 0 Å². The van der Waals surface area contributed by atoms with Gasteiger partial charge in [-0.1, -0.05) is 0 Å². The maximum atomic E-state index is 12.3. The number of hydrogen-bond donors (Lipinski definition) is 1. The summed E-state index contributed by atoms with van der Waals surface area (Å²) in [6.45, 7) is 2.03. The monoisotopic (exact) mass is 371 g/mol. The van der Waals surface area contributed by atoms with Crippen molar-refractivity contribution < 1.29 is 4.79 Å². The van der Waals surface area contributed by atoms with Crippen molar-refractivity contribution in [3.63, 3.8) is 0 Å². The molecular formula is C20H17N7O. The molecule has 138 valence electrons. The van der Waals surface area contributed by atoms with Gasteiger partial charge in [0.2, 0.25) is 5.91 Å². The van der Waals surface area contributed by atoms with Gasteiger partial charge in [-0.3, -0.25) is 24.4 Å². The number of nitrogens with zero attached hydrogens (tertiary/aromatic N) is 6. The summed E-state index contributed by atoms with van der Waals surface area (Å²) in [6, 6.07) is 7.46. The van der Waals surface area contributed by atoms with E-state index in [0.717, 1.165) is 28.1 Å². The molecule has 0 aliphatic heterocycles. The van der Waals surface area contributed by atoms with Gasteiger partial charge in [0.1, 0.15) is 12.4 Å². The molecule has 0 radical (unpaired) electrons. The van der Waals surface area contributed by atoms with Crippen LogP contribution in [0, 0.1) is 6.92 Å². The lowest BCUT2D eigenvalue weighted by Crippen LogP contribution is -2.19. The molecule has 4 heterocycles. The molecule has 1 N–H and O–H groups in total. The van der Waals surface area contributed by atoms with Crippen molar-refractivity contribution in [1.29, 1.82) is 0 Å². The summed E-state index contributed by atoms with van der Waals surface area (Å²) in [6.07, 6.45) is 11.9. The van der Waals surface area contributed by atoms with Crippen molar-refractivity contribution in [3.8, 4) is 22.4 Å². The molecule has 4 aromatic heterocycles. The second-order valence-electron chi connectivity index (χ2n) is 6.18. The number of amides is 1. The van der Waals surface area contributed by atoms with Crippen LogP contribution in [0.1, 0.15) is 5.69 Å². The molecule has 0 atom stereocenters. The molecule has 28 heavy (non-hydrogen) atoms. The van der Waals surface area contributed by atoms with E-state index >= 15 is 0 Å². The Morgan fingerprint density at radius 2 is 1.89 bits per heavy atom. The van der Waals surface area contributed by atoms with Gasteiger partial charge in [-0.25, -0.2) is 4.98 Å². The van der Waals surface area contributed by atoms with Crippen LogP contribution < -0.4 is 5.32 Å². The molecule has 4 rings (SSSR count). The molecule has 0 saturated heterocycles. The number of anilines is 1. The Labute approximate surface area is 161 Å². The molecule has 1 amide bonds. The van der Waals surface area contributed by atoms with Gasteiger partial charge < -0.3 is 5.32 Å². The molecule has 0 spiro atoms. The minimum absolute atomic E-state index is 0.0949. The summed E-state index contributed by atoms with van der Waals surface area (Å²) in [7, 11) is 0. The van der Waals surface area contributed by atoms with Crippen molar-refractivity contribution in [2.75, 3.05) is 5.32 Å². The van der Waals surface area contributed by atoms with Crippen LogP contribution in [0.25, 0.3) is 22.4 Å². The molecule has 4 aromatic rings. The van der Waals surface area contributed by atoms with Gasteiger partial charge in [0.25, 0.3) is 0 Å². The second kappa shape index (κ2) is 7.75. The molecule has 0 unspecified atom stereocenters. The first kappa shape index (κ1) is 17.5. The number of carbonyl (C=O) groups excluding carboxylic acids is 1. The van der Waals surface area contributed by atoms with E-state index in [2.05, 4.69) is 30.4 Å². The minimum atomic E-state index is -0.208. The smallest absolute Gasteiger partial charge is 0.247 e. The highest BCUT2D eigenvalue weighted by atomic mass is 16.2. The number of rotatable bonds is 5. The summed E-state index contributed by atoms with van der Waals surface area (Å²) in [5, 5.41) is 7.03. The predicted molar refractivity (Wildman–Crippen MR) is 104 cm³/mol. The number of aryl methyl sites for hydroxylation is 1. The van der Waals surface area contributed by atoms with Gasteiger partial charge in [0.15, 0.2) is 0 Å². The van der Waals surface area contributed by atoms with E-state index in [-0.39, 0.29) is 12.5 Å². The molecule has 0 bridgehead atoms. The Morgan fingerprint density at radius 1 is 0.964 bits per heavy atom. The molecule has 0 aliphatic rings. The molecular weight excluding hydrogens is 354 g/mol. The number of aromatic nitrogens is 6. The Hall–Kier alpha value is -3.94. The first-order valence-corrected chi connectivity index (χ1v) is 8.65. The van der Waals surface area contributed by atoms with E-state index < -0.39 is 0 Å². The van der Waals surface area contributed by atoms with E-state index in [9.17, 15) is 4.79 Å². The average molecular weight is 371 g/mol. The maximum absolute atomic E-state index is 12.3. The van der Waals surface area contributed by atoms with E-state index in [4.69, 9.17) is 0 Å². The Balaban J connectivity index is 1.39. The third-order valence-corrected chi connectivity index (χ3v) is 4.06. The van der Waals surface area contributed by atoms with Crippen molar-refractivity contribution >= 4 is 11.7 Å². The van der Waals surface area contributed by atoms with Gasteiger partial charge in [0.05, 0.1) is 18.1 Å². The highest BCUT2D eigenvalue weighted by Crippen LogP contribution is 2.19. The largest absolute Gasteiger partial charge is 0.309 e. The SMILES string of the molecule is Cc1cc(-c2cnn(CC(=O)Nc3ccc(-c4cnccn4)cn3)c2)ccn1. The zero-order chi connectivity index (χ0) is 19.3. The second-order valence-corrected chi connectivity index (χ2v) is 6.18. The molecule has 0 aromatic carbocycles. The fraction of sp³-hybridized carbons (Fsp3) is 0.100. The molecule has 0 aliphatic carbocycles. The zero-order valence-corrected chi connectivity index (χ0v) is 15.1. The lowest BCUT2D eigenvalue weighted by Gasteiger charge is -2.06. The van der Waals surface area contributed by atoms with E-state index in [1.165, 1.54) is 0 Å². The quantitative estimate of drug-likeness (QED) is 0.579. The van der Waals surface area contributed by atoms with Crippen LogP contribution in [0.2, 0.25) is 0 Å². The van der Waals surface area contributed by atoms with Gasteiger partial charge in [0, 0.05) is 47.8 Å². The van der Waals surface area contributed by atoms with E-state index in [1.807, 2.05) is 31.3 Å². The predicted octanol–water partition coefficient (Wildman–Crippen LogP) is 2.74. The average Bonchev–Trinajstić information content (AvgIpc) is 3.17. The van der Waals surface area contributed by atoms with Gasteiger partial charge in [-0.2, -0.15) is 5.10 Å². The number of hydrogen-bond acceptors (Lipinski definition) is 6. The van der Waals surface area contributed by atoms with Crippen LogP contribution >= 0.6 is 0 Å². The van der Waals surface area contributed by atoms with Gasteiger partial charge >= 0.3 is 0 Å². The summed E-state index contributed by atoms with van der Waals surface area (Å²) in [4.78, 5) is 29.0. The minimum Gasteiger partial charge on any atom is -0.309 e. The van der Waals surface area contributed by atoms with Gasteiger partial charge in [-0.05, 0) is 36.8 Å². The summed E-state index contributed by atoms with van der Waals surface area (Å²) < 4.78 is 1.59. The highest BCUT2D eigenvalue weighted by molar-refractivity contribution is 5.89. The third-order valence-electron chi connectivity index (χ3n) is 4.06. The first-order chi connectivity index (χ1) is 13.7. The maximum Gasteiger partial charge on any atom is 0.247 e. The van der Waals surface area contributed by atoms with Crippen molar-refractivity contribution in [2.24, 2.45) is 0 Å². The zero-order valence-electron chi connectivity index (χ0n) is 15.1. The fourth-order valence-corrected chi connectivity index (χ4v) is 2.72. The molecule has 0 saturated carbocycles. The van der Waals surface area contributed by atoms with E-state index in [1.54, 1.807) is 47.9 Å². The summed E-state index contributed by atoms with van der Waals surface area (Å²) in [5.41, 5.74) is 4.43.